The van der Waals surface area contributed by atoms with E-state index in [2.05, 4.69) is 4.72 Å². The maximum absolute atomic E-state index is 12.1. The van der Waals surface area contributed by atoms with Crippen LogP contribution in [0.1, 0.15) is 20.8 Å². The van der Waals surface area contributed by atoms with E-state index in [4.69, 9.17) is 10.5 Å². The molecule has 0 aliphatic carbocycles. The highest BCUT2D eigenvalue weighted by molar-refractivity contribution is 7.94. The molecule has 0 atom stereocenters. The summed E-state index contributed by atoms with van der Waals surface area (Å²) >= 11 is 0. The minimum absolute atomic E-state index is 0.342. The van der Waals surface area contributed by atoms with Crippen molar-refractivity contribution in [3.05, 3.63) is 24.3 Å². The lowest BCUT2D eigenvalue weighted by Crippen LogP contribution is -2.33. The van der Waals surface area contributed by atoms with E-state index in [0.717, 1.165) is 0 Å². The van der Waals surface area contributed by atoms with Gasteiger partial charge in [0.05, 0.1) is 10.4 Å². The molecule has 6 heteroatoms. The maximum Gasteiger partial charge on any atom is 0.237 e. The molecule has 0 spiro atoms. The van der Waals surface area contributed by atoms with Crippen molar-refractivity contribution < 1.29 is 13.2 Å². The van der Waals surface area contributed by atoms with Gasteiger partial charge in [-0.25, -0.2) is 8.42 Å². The molecule has 0 aromatic heterocycles. The van der Waals surface area contributed by atoms with Crippen LogP contribution in [0.15, 0.2) is 24.3 Å². The van der Waals surface area contributed by atoms with E-state index in [1.54, 1.807) is 45.0 Å². The molecule has 0 bridgehead atoms. The molecule has 1 aromatic rings. The molecule has 1 rings (SSSR count). The van der Waals surface area contributed by atoms with Crippen LogP contribution in [0.2, 0.25) is 0 Å². The van der Waals surface area contributed by atoms with Gasteiger partial charge in [-0.1, -0.05) is 12.1 Å². The quantitative estimate of drug-likeness (QED) is 0.852. The van der Waals surface area contributed by atoms with Crippen LogP contribution in [0.4, 0.5) is 5.69 Å². The van der Waals surface area contributed by atoms with Crippen molar-refractivity contribution in [1.82, 2.24) is 0 Å². The molecule has 0 aliphatic heterocycles. The van der Waals surface area contributed by atoms with E-state index in [1.165, 1.54) is 0 Å². The fraction of sp³-hybridized carbons (Fsp3) is 0.500. The van der Waals surface area contributed by atoms with Crippen LogP contribution < -0.4 is 15.2 Å². The molecule has 0 aliphatic rings. The predicted octanol–water partition coefficient (Wildman–Crippen LogP) is 1.56. The van der Waals surface area contributed by atoms with Gasteiger partial charge in [-0.3, -0.25) is 4.72 Å². The number of ether oxygens (including phenoxy) is 1. The van der Waals surface area contributed by atoms with Crippen LogP contribution in [0.3, 0.4) is 0 Å². The Labute approximate surface area is 108 Å². The van der Waals surface area contributed by atoms with Crippen LogP contribution in [-0.2, 0) is 10.0 Å². The molecule has 0 radical (unpaired) electrons. The number of anilines is 1. The Balaban J connectivity index is 2.98. The highest BCUT2D eigenvalue weighted by Crippen LogP contribution is 2.27. The third kappa shape index (κ3) is 3.61. The summed E-state index contributed by atoms with van der Waals surface area (Å²) in [6.45, 7) is 5.63. The SMILES string of the molecule is CC(C)(C)S(=O)(=O)Nc1ccccc1OCCN. The fourth-order valence-electron chi connectivity index (χ4n) is 1.14. The molecule has 18 heavy (non-hydrogen) atoms. The third-order valence-corrected chi connectivity index (χ3v) is 4.41. The lowest BCUT2D eigenvalue weighted by molar-refractivity contribution is 0.330. The van der Waals surface area contributed by atoms with Gasteiger partial charge >= 0.3 is 0 Å². The summed E-state index contributed by atoms with van der Waals surface area (Å²) in [5.41, 5.74) is 5.79. The normalized spacial score (nSPS) is 12.2. The Hall–Kier alpha value is -1.27. The third-order valence-electron chi connectivity index (χ3n) is 2.31. The average Bonchev–Trinajstić information content (AvgIpc) is 2.26. The summed E-state index contributed by atoms with van der Waals surface area (Å²) in [5.74, 6) is 0.482. The van der Waals surface area contributed by atoms with Gasteiger partial charge in [0.25, 0.3) is 0 Å². The number of hydrogen-bond donors (Lipinski definition) is 2. The van der Waals surface area contributed by atoms with Crippen molar-refractivity contribution in [3.63, 3.8) is 0 Å². The standard InChI is InChI=1S/C12H20N2O3S/c1-12(2,3)18(15,16)14-10-6-4-5-7-11(10)17-9-8-13/h4-7,14H,8-9,13H2,1-3H3. The number of nitrogens with two attached hydrogens (primary N) is 1. The van der Waals surface area contributed by atoms with Crippen molar-refractivity contribution in [2.24, 2.45) is 5.73 Å². The first kappa shape index (κ1) is 14.8. The first-order valence-corrected chi connectivity index (χ1v) is 7.20. The molecule has 0 saturated heterocycles. The Kier molecular flexibility index (Phi) is 4.59. The lowest BCUT2D eigenvalue weighted by Gasteiger charge is -2.21. The van der Waals surface area contributed by atoms with Gasteiger partial charge in [0, 0.05) is 6.54 Å². The second kappa shape index (κ2) is 5.58. The lowest BCUT2D eigenvalue weighted by atomic mass is 10.3. The van der Waals surface area contributed by atoms with Gasteiger partial charge in [0.15, 0.2) is 0 Å². The molecule has 0 fully saturated rings. The molecule has 0 saturated carbocycles. The topological polar surface area (TPSA) is 81.4 Å². The molecule has 0 amide bonds. The summed E-state index contributed by atoms with van der Waals surface area (Å²) in [4.78, 5) is 0. The molecule has 3 N–H and O–H groups in total. The second-order valence-electron chi connectivity index (χ2n) is 4.85. The minimum Gasteiger partial charge on any atom is -0.490 e. The summed E-state index contributed by atoms with van der Waals surface area (Å²) in [6, 6.07) is 6.89. The Bertz CT molecular complexity index is 492. The zero-order valence-corrected chi connectivity index (χ0v) is 11.8. The highest BCUT2D eigenvalue weighted by Gasteiger charge is 2.29. The number of hydrogen-bond acceptors (Lipinski definition) is 4. The second-order valence-corrected chi connectivity index (χ2v) is 7.29. The molecular formula is C12H20N2O3S. The highest BCUT2D eigenvalue weighted by atomic mass is 32.2. The number of nitrogens with one attached hydrogen (secondary N) is 1. The summed E-state index contributed by atoms with van der Waals surface area (Å²) < 4.78 is 31.2. The number of sulfonamides is 1. The van der Waals surface area contributed by atoms with Crippen LogP contribution >= 0.6 is 0 Å². The fourth-order valence-corrected chi connectivity index (χ4v) is 1.91. The van der Waals surface area contributed by atoms with Crippen LogP contribution in [-0.4, -0.2) is 26.3 Å². The average molecular weight is 272 g/mol. The smallest absolute Gasteiger partial charge is 0.237 e. The predicted molar refractivity (Wildman–Crippen MR) is 73.3 cm³/mol. The molecule has 102 valence electrons. The monoisotopic (exact) mass is 272 g/mol. The summed E-state index contributed by atoms with van der Waals surface area (Å²) in [6.07, 6.45) is 0. The molecule has 5 nitrogen and oxygen atoms in total. The minimum atomic E-state index is -3.46. The van der Waals surface area contributed by atoms with Gasteiger partial charge < -0.3 is 10.5 Å². The largest absolute Gasteiger partial charge is 0.490 e. The number of benzene rings is 1. The van der Waals surface area contributed by atoms with Gasteiger partial charge in [-0.2, -0.15) is 0 Å². The Morgan fingerprint density at radius 1 is 1.28 bits per heavy atom. The van der Waals surface area contributed by atoms with E-state index in [1.807, 2.05) is 0 Å². The molecule has 1 aromatic carbocycles. The number of para-hydroxylation sites is 2. The van der Waals surface area contributed by atoms with Crippen molar-refractivity contribution in [2.45, 2.75) is 25.5 Å². The van der Waals surface area contributed by atoms with E-state index in [0.29, 0.717) is 24.6 Å². The van der Waals surface area contributed by atoms with Crippen molar-refractivity contribution >= 4 is 15.7 Å². The van der Waals surface area contributed by atoms with Crippen LogP contribution in [0.25, 0.3) is 0 Å². The van der Waals surface area contributed by atoms with E-state index in [9.17, 15) is 8.42 Å². The van der Waals surface area contributed by atoms with Crippen LogP contribution in [0, 0.1) is 0 Å². The summed E-state index contributed by atoms with van der Waals surface area (Å²) in [7, 11) is -3.46. The van der Waals surface area contributed by atoms with Gasteiger partial charge in [-0.05, 0) is 32.9 Å². The molecular weight excluding hydrogens is 252 g/mol. The van der Waals surface area contributed by atoms with E-state index >= 15 is 0 Å². The van der Waals surface area contributed by atoms with Crippen molar-refractivity contribution in [3.8, 4) is 5.75 Å². The maximum atomic E-state index is 12.1. The van der Waals surface area contributed by atoms with E-state index < -0.39 is 14.8 Å². The molecule has 0 unspecified atom stereocenters. The van der Waals surface area contributed by atoms with E-state index in [-0.39, 0.29) is 0 Å². The summed E-state index contributed by atoms with van der Waals surface area (Å²) in [5, 5.41) is 0. The zero-order chi connectivity index (χ0) is 13.8. The Morgan fingerprint density at radius 3 is 2.44 bits per heavy atom. The van der Waals surface area contributed by atoms with Gasteiger partial charge in [0.1, 0.15) is 12.4 Å². The van der Waals surface area contributed by atoms with Crippen molar-refractivity contribution in [1.29, 1.82) is 0 Å². The van der Waals surface area contributed by atoms with Crippen molar-refractivity contribution in [2.75, 3.05) is 17.9 Å². The number of rotatable bonds is 5. The van der Waals surface area contributed by atoms with Gasteiger partial charge in [0.2, 0.25) is 10.0 Å². The first-order chi connectivity index (χ1) is 8.28. The first-order valence-electron chi connectivity index (χ1n) is 5.72. The molecule has 0 heterocycles. The zero-order valence-electron chi connectivity index (χ0n) is 10.9. The van der Waals surface area contributed by atoms with Gasteiger partial charge in [-0.15, -0.1) is 0 Å². The Morgan fingerprint density at radius 2 is 1.89 bits per heavy atom. The van der Waals surface area contributed by atoms with Crippen LogP contribution in [0.5, 0.6) is 5.75 Å².